The van der Waals surface area contributed by atoms with Crippen LogP contribution in [0.5, 0.6) is 0 Å². The average molecular weight is 182 g/mol. The van der Waals surface area contributed by atoms with E-state index in [1.807, 2.05) is 0 Å². The molecule has 3 aliphatic rings. The fraction of sp³-hybridized carbons (Fsp3) is 1.00. The van der Waals surface area contributed by atoms with Crippen LogP contribution in [0.4, 0.5) is 0 Å². The maximum absolute atomic E-state index is 5.78. The van der Waals surface area contributed by atoms with Gasteiger partial charge in [0.05, 0.1) is 6.10 Å². The molecule has 1 saturated carbocycles. The van der Waals surface area contributed by atoms with E-state index in [9.17, 15) is 0 Å². The SMILES string of the molecule is C1CC(NC2CNC2)C(C2CC2)O1. The highest BCUT2D eigenvalue weighted by molar-refractivity contribution is 4.96. The summed E-state index contributed by atoms with van der Waals surface area (Å²) in [6.07, 6.45) is 4.55. The van der Waals surface area contributed by atoms with Crippen molar-refractivity contribution < 1.29 is 4.74 Å². The zero-order valence-electron chi connectivity index (χ0n) is 7.96. The molecular formula is C10H18N2O. The molecule has 0 spiro atoms. The Hall–Kier alpha value is -0.120. The first-order chi connectivity index (χ1) is 6.43. The van der Waals surface area contributed by atoms with Crippen LogP contribution in [0.1, 0.15) is 19.3 Å². The third-order valence-electron chi connectivity index (χ3n) is 3.45. The highest BCUT2D eigenvalue weighted by Gasteiger charge is 2.41. The van der Waals surface area contributed by atoms with Gasteiger partial charge < -0.3 is 15.4 Å². The topological polar surface area (TPSA) is 33.3 Å². The number of rotatable bonds is 3. The van der Waals surface area contributed by atoms with Gasteiger partial charge in [0.25, 0.3) is 0 Å². The molecule has 1 aliphatic carbocycles. The third kappa shape index (κ3) is 1.60. The van der Waals surface area contributed by atoms with Crippen LogP contribution in [0.2, 0.25) is 0 Å². The summed E-state index contributed by atoms with van der Waals surface area (Å²) in [6, 6.07) is 1.37. The predicted octanol–water partition coefficient (Wildman–Crippen LogP) is 0.115. The summed E-state index contributed by atoms with van der Waals surface area (Å²) >= 11 is 0. The smallest absolute Gasteiger partial charge is 0.0757 e. The molecule has 0 aromatic rings. The number of nitrogens with one attached hydrogen (secondary N) is 2. The van der Waals surface area contributed by atoms with Crippen LogP contribution in [-0.4, -0.2) is 37.9 Å². The van der Waals surface area contributed by atoms with Gasteiger partial charge in [-0.3, -0.25) is 0 Å². The molecule has 0 aromatic heterocycles. The molecule has 2 heterocycles. The van der Waals surface area contributed by atoms with E-state index in [0.717, 1.165) is 25.6 Å². The monoisotopic (exact) mass is 182 g/mol. The van der Waals surface area contributed by atoms with Crippen LogP contribution in [0.25, 0.3) is 0 Å². The molecule has 2 aliphatic heterocycles. The van der Waals surface area contributed by atoms with Gasteiger partial charge in [-0.2, -0.15) is 0 Å². The lowest BCUT2D eigenvalue weighted by atomic mass is 10.0. The van der Waals surface area contributed by atoms with E-state index < -0.39 is 0 Å². The first-order valence-corrected chi connectivity index (χ1v) is 5.52. The number of hydrogen-bond acceptors (Lipinski definition) is 3. The highest BCUT2D eigenvalue weighted by atomic mass is 16.5. The number of hydrogen-bond donors (Lipinski definition) is 2. The lowest BCUT2D eigenvalue weighted by molar-refractivity contribution is 0.0771. The van der Waals surface area contributed by atoms with Crippen molar-refractivity contribution in [3.63, 3.8) is 0 Å². The van der Waals surface area contributed by atoms with Crippen LogP contribution in [-0.2, 0) is 4.74 Å². The second-order valence-electron chi connectivity index (χ2n) is 4.59. The summed E-state index contributed by atoms with van der Waals surface area (Å²) in [6.45, 7) is 3.26. The fourth-order valence-electron chi connectivity index (χ4n) is 2.39. The molecule has 2 N–H and O–H groups in total. The Morgan fingerprint density at radius 2 is 2.00 bits per heavy atom. The van der Waals surface area contributed by atoms with Crippen LogP contribution in [0, 0.1) is 5.92 Å². The molecular weight excluding hydrogens is 164 g/mol. The van der Waals surface area contributed by atoms with Crippen molar-refractivity contribution in [2.24, 2.45) is 5.92 Å². The second-order valence-corrected chi connectivity index (χ2v) is 4.59. The van der Waals surface area contributed by atoms with Crippen molar-refractivity contribution in [1.29, 1.82) is 0 Å². The summed E-state index contributed by atoms with van der Waals surface area (Å²) in [7, 11) is 0. The normalized spacial score (nSPS) is 40.6. The van der Waals surface area contributed by atoms with Gasteiger partial charge >= 0.3 is 0 Å². The van der Waals surface area contributed by atoms with Crippen molar-refractivity contribution >= 4 is 0 Å². The Balaban J connectivity index is 1.54. The minimum Gasteiger partial charge on any atom is -0.376 e. The highest BCUT2D eigenvalue weighted by Crippen LogP contribution is 2.38. The Morgan fingerprint density at radius 1 is 1.15 bits per heavy atom. The fourth-order valence-corrected chi connectivity index (χ4v) is 2.39. The van der Waals surface area contributed by atoms with E-state index in [1.165, 1.54) is 19.3 Å². The molecule has 2 unspecified atom stereocenters. The van der Waals surface area contributed by atoms with Gasteiger partial charge in [0.15, 0.2) is 0 Å². The van der Waals surface area contributed by atoms with Crippen molar-refractivity contribution in [3.05, 3.63) is 0 Å². The largest absolute Gasteiger partial charge is 0.376 e. The zero-order valence-corrected chi connectivity index (χ0v) is 7.96. The Labute approximate surface area is 79.2 Å². The van der Waals surface area contributed by atoms with Gasteiger partial charge in [-0.25, -0.2) is 0 Å². The maximum atomic E-state index is 5.78. The van der Waals surface area contributed by atoms with Crippen molar-refractivity contribution in [1.82, 2.24) is 10.6 Å². The maximum Gasteiger partial charge on any atom is 0.0757 e. The van der Waals surface area contributed by atoms with Gasteiger partial charge in [0.1, 0.15) is 0 Å². The molecule has 74 valence electrons. The predicted molar refractivity (Wildman–Crippen MR) is 50.7 cm³/mol. The molecule has 0 radical (unpaired) electrons. The first kappa shape index (κ1) is 8.21. The van der Waals surface area contributed by atoms with E-state index in [-0.39, 0.29) is 0 Å². The van der Waals surface area contributed by atoms with Crippen LogP contribution >= 0.6 is 0 Å². The van der Waals surface area contributed by atoms with Crippen molar-refractivity contribution in [2.45, 2.75) is 37.5 Å². The van der Waals surface area contributed by atoms with Crippen molar-refractivity contribution in [2.75, 3.05) is 19.7 Å². The summed E-state index contributed by atoms with van der Waals surface area (Å²) < 4.78 is 5.78. The first-order valence-electron chi connectivity index (χ1n) is 5.52. The van der Waals surface area contributed by atoms with E-state index >= 15 is 0 Å². The molecule has 3 heteroatoms. The number of ether oxygens (including phenoxy) is 1. The third-order valence-corrected chi connectivity index (χ3v) is 3.45. The molecule has 0 bridgehead atoms. The Bertz CT molecular complexity index is 189. The molecule has 3 rings (SSSR count). The molecule has 13 heavy (non-hydrogen) atoms. The van der Waals surface area contributed by atoms with E-state index in [1.54, 1.807) is 0 Å². The molecule has 3 nitrogen and oxygen atoms in total. The van der Waals surface area contributed by atoms with Crippen LogP contribution < -0.4 is 10.6 Å². The quantitative estimate of drug-likeness (QED) is 0.650. The minimum absolute atomic E-state index is 0.542. The van der Waals surface area contributed by atoms with E-state index in [2.05, 4.69) is 10.6 Å². The summed E-state index contributed by atoms with van der Waals surface area (Å²) in [4.78, 5) is 0. The lowest BCUT2D eigenvalue weighted by Gasteiger charge is -2.32. The molecule has 3 fully saturated rings. The second kappa shape index (κ2) is 3.23. The van der Waals surface area contributed by atoms with Crippen LogP contribution in [0.3, 0.4) is 0 Å². The lowest BCUT2D eigenvalue weighted by Crippen LogP contribution is -2.59. The Morgan fingerprint density at radius 3 is 2.62 bits per heavy atom. The van der Waals surface area contributed by atoms with Gasteiger partial charge in [-0.05, 0) is 25.2 Å². The summed E-state index contributed by atoms with van der Waals surface area (Å²) in [5, 5.41) is 6.99. The Kier molecular flexibility index (Phi) is 2.04. The summed E-state index contributed by atoms with van der Waals surface area (Å²) in [5.41, 5.74) is 0. The van der Waals surface area contributed by atoms with Gasteiger partial charge in [-0.1, -0.05) is 0 Å². The van der Waals surface area contributed by atoms with Gasteiger partial charge in [0.2, 0.25) is 0 Å². The standard InChI is InChI=1S/C10H18N2O/c1-2-7(1)10-9(3-4-13-10)12-8-5-11-6-8/h7-12H,1-6H2. The van der Waals surface area contributed by atoms with E-state index in [4.69, 9.17) is 4.74 Å². The van der Waals surface area contributed by atoms with Gasteiger partial charge in [-0.15, -0.1) is 0 Å². The molecule has 2 saturated heterocycles. The molecule has 0 amide bonds. The van der Waals surface area contributed by atoms with Gasteiger partial charge in [0, 0.05) is 31.8 Å². The molecule has 2 atom stereocenters. The van der Waals surface area contributed by atoms with Crippen molar-refractivity contribution in [3.8, 4) is 0 Å². The zero-order chi connectivity index (χ0) is 8.67. The average Bonchev–Trinajstić information content (AvgIpc) is 2.79. The van der Waals surface area contributed by atoms with E-state index in [0.29, 0.717) is 18.2 Å². The summed E-state index contributed by atoms with van der Waals surface area (Å²) in [5.74, 6) is 0.882. The minimum atomic E-state index is 0.542. The molecule has 0 aromatic carbocycles. The van der Waals surface area contributed by atoms with Crippen LogP contribution in [0.15, 0.2) is 0 Å².